The number of carboxylic acids is 1. The fourth-order valence-electron chi connectivity index (χ4n) is 2.41. The Hall–Kier alpha value is -3.85. The minimum absolute atomic E-state index is 0.127. The van der Waals surface area contributed by atoms with Crippen LogP contribution in [0.15, 0.2) is 66.7 Å². The molecule has 0 bridgehead atoms. The first-order valence-corrected chi connectivity index (χ1v) is 8.19. The molecule has 0 aliphatic heterocycles. The number of carbonyl (C=O) groups is 1. The molecule has 0 saturated carbocycles. The van der Waals surface area contributed by atoms with Crippen LogP contribution in [-0.4, -0.2) is 16.1 Å². The Labute approximate surface area is 156 Å². The molecule has 0 saturated heterocycles. The standard InChI is InChI=1S/C21H16N2O4/c22-12-18-20(27-14-16-9-5-2-6-10-16)19(11-17(23-18)21(24)25)26-13-15-7-3-1-4-8-15/h1-11H,13-14H2,(H,24,25). The number of nitriles is 1. The van der Waals surface area contributed by atoms with Crippen molar-refractivity contribution in [1.82, 2.24) is 4.98 Å². The third-order valence-corrected chi connectivity index (χ3v) is 3.73. The van der Waals surface area contributed by atoms with Crippen LogP contribution in [0.4, 0.5) is 0 Å². The van der Waals surface area contributed by atoms with Crippen LogP contribution in [-0.2, 0) is 13.2 Å². The number of benzene rings is 2. The van der Waals surface area contributed by atoms with Gasteiger partial charge in [0.25, 0.3) is 0 Å². The first kappa shape index (κ1) is 18.0. The van der Waals surface area contributed by atoms with Crippen molar-refractivity contribution in [3.63, 3.8) is 0 Å². The highest BCUT2D eigenvalue weighted by atomic mass is 16.5. The molecule has 3 aromatic rings. The lowest BCUT2D eigenvalue weighted by atomic mass is 10.2. The monoisotopic (exact) mass is 360 g/mol. The average molecular weight is 360 g/mol. The number of aromatic nitrogens is 1. The third-order valence-electron chi connectivity index (χ3n) is 3.73. The molecule has 0 spiro atoms. The summed E-state index contributed by atoms with van der Waals surface area (Å²) >= 11 is 0. The summed E-state index contributed by atoms with van der Waals surface area (Å²) in [5.41, 5.74) is 1.40. The predicted octanol–water partition coefficient (Wildman–Crippen LogP) is 3.81. The van der Waals surface area contributed by atoms with Crippen LogP contribution < -0.4 is 9.47 Å². The van der Waals surface area contributed by atoms with Crippen molar-refractivity contribution in [3.05, 3.63) is 89.2 Å². The Morgan fingerprint density at radius 2 is 1.52 bits per heavy atom. The Morgan fingerprint density at radius 1 is 0.963 bits per heavy atom. The highest BCUT2D eigenvalue weighted by molar-refractivity contribution is 5.86. The lowest BCUT2D eigenvalue weighted by Gasteiger charge is -2.14. The number of rotatable bonds is 7. The summed E-state index contributed by atoms with van der Waals surface area (Å²) in [5, 5.41) is 18.6. The number of hydrogen-bond donors (Lipinski definition) is 1. The molecule has 1 heterocycles. The Bertz CT molecular complexity index is 967. The maximum atomic E-state index is 11.3. The van der Waals surface area contributed by atoms with E-state index in [0.29, 0.717) is 0 Å². The minimum Gasteiger partial charge on any atom is -0.485 e. The molecule has 0 atom stereocenters. The highest BCUT2D eigenvalue weighted by Gasteiger charge is 2.19. The van der Waals surface area contributed by atoms with Gasteiger partial charge < -0.3 is 14.6 Å². The molecule has 27 heavy (non-hydrogen) atoms. The van der Waals surface area contributed by atoms with E-state index in [1.54, 1.807) is 0 Å². The molecular weight excluding hydrogens is 344 g/mol. The quantitative estimate of drug-likeness (QED) is 0.689. The number of aromatic carboxylic acids is 1. The van der Waals surface area contributed by atoms with Crippen LogP contribution >= 0.6 is 0 Å². The van der Waals surface area contributed by atoms with E-state index in [-0.39, 0.29) is 36.1 Å². The van der Waals surface area contributed by atoms with E-state index < -0.39 is 5.97 Å². The van der Waals surface area contributed by atoms with E-state index in [1.807, 2.05) is 66.7 Å². The SMILES string of the molecule is N#Cc1nc(C(=O)O)cc(OCc2ccccc2)c1OCc1ccccc1. The number of carboxylic acid groups (broad SMARTS) is 1. The van der Waals surface area contributed by atoms with Crippen LogP contribution in [0.25, 0.3) is 0 Å². The lowest BCUT2D eigenvalue weighted by Crippen LogP contribution is -2.08. The molecule has 1 N–H and O–H groups in total. The maximum Gasteiger partial charge on any atom is 0.354 e. The van der Waals surface area contributed by atoms with Crippen molar-refractivity contribution in [1.29, 1.82) is 5.26 Å². The Balaban J connectivity index is 1.90. The molecular formula is C21H16N2O4. The van der Waals surface area contributed by atoms with Gasteiger partial charge in [-0.25, -0.2) is 9.78 Å². The van der Waals surface area contributed by atoms with Gasteiger partial charge in [0, 0.05) is 6.07 Å². The van der Waals surface area contributed by atoms with Crippen molar-refractivity contribution >= 4 is 5.97 Å². The number of ether oxygens (including phenoxy) is 2. The first-order chi connectivity index (χ1) is 13.2. The van der Waals surface area contributed by atoms with Gasteiger partial charge >= 0.3 is 5.97 Å². The van der Waals surface area contributed by atoms with Crippen molar-refractivity contribution in [2.45, 2.75) is 13.2 Å². The molecule has 0 fully saturated rings. The molecule has 134 valence electrons. The summed E-state index contributed by atoms with van der Waals surface area (Å²) in [5.74, 6) is -0.952. The Morgan fingerprint density at radius 3 is 2.04 bits per heavy atom. The number of pyridine rings is 1. The second-order valence-corrected chi connectivity index (χ2v) is 5.65. The normalized spacial score (nSPS) is 10.0. The van der Waals surface area contributed by atoms with Gasteiger partial charge in [-0.15, -0.1) is 0 Å². The second kappa shape index (κ2) is 8.50. The Kier molecular flexibility index (Phi) is 5.65. The largest absolute Gasteiger partial charge is 0.485 e. The van der Waals surface area contributed by atoms with Crippen LogP contribution in [0.3, 0.4) is 0 Å². The molecule has 6 nitrogen and oxygen atoms in total. The predicted molar refractivity (Wildman–Crippen MR) is 97.5 cm³/mol. The van der Waals surface area contributed by atoms with Gasteiger partial charge in [0.15, 0.2) is 22.9 Å². The van der Waals surface area contributed by atoms with E-state index in [2.05, 4.69) is 4.98 Å². The van der Waals surface area contributed by atoms with E-state index in [1.165, 1.54) is 6.07 Å². The van der Waals surface area contributed by atoms with Crippen molar-refractivity contribution in [3.8, 4) is 17.6 Å². The van der Waals surface area contributed by atoms with E-state index in [4.69, 9.17) is 9.47 Å². The van der Waals surface area contributed by atoms with Crippen molar-refractivity contribution in [2.75, 3.05) is 0 Å². The van der Waals surface area contributed by atoms with Crippen LogP contribution in [0.2, 0.25) is 0 Å². The summed E-state index contributed by atoms with van der Waals surface area (Å²) in [7, 11) is 0. The summed E-state index contributed by atoms with van der Waals surface area (Å²) in [4.78, 5) is 15.2. The third kappa shape index (κ3) is 4.61. The van der Waals surface area contributed by atoms with Gasteiger partial charge in [0.05, 0.1) is 0 Å². The highest BCUT2D eigenvalue weighted by Crippen LogP contribution is 2.32. The van der Waals surface area contributed by atoms with Gasteiger partial charge in [-0.3, -0.25) is 0 Å². The molecule has 0 amide bonds. The van der Waals surface area contributed by atoms with Gasteiger partial charge in [-0.1, -0.05) is 60.7 Å². The zero-order valence-electron chi connectivity index (χ0n) is 14.3. The summed E-state index contributed by atoms with van der Waals surface area (Å²) in [6.45, 7) is 0.405. The number of hydrogen-bond acceptors (Lipinski definition) is 5. The number of nitrogens with zero attached hydrogens (tertiary/aromatic N) is 2. The lowest BCUT2D eigenvalue weighted by molar-refractivity contribution is 0.0689. The molecule has 1 aromatic heterocycles. The van der Waals surface area contributed by atoms with E-state index in [0.717, 1.165) is 11.1 Å². The summed E-state index contributed by atoms with van der Waals surface area (Å²) in [6.07, 6.45) is 0. The van der Waals surface area contributed by atoms with Gasteiger partial charge in [0.1, 0.15) is 19.3 Å². The summed E-state index contributed by atoms with van der Waals surface area (Å²) in [6, 6.07) is 22.0. The first-order valence-electron chi connectivity index (χ1n) is 8.19. The van der Waals surface area contributed by atoms with Crippen molar-refractivity contribution < 1.29 is 19.4 Å². The molecule has 6 heteroatoms. The van der Waals surface area contributed by atoms with Crippen LogP contribution in [0.5, 0.6) is 11.5 Å². The van der Waals surface area contributed by atoms with Crippen LogP contribution in [0, 0.1) is 11.3 Å². The molecule has 0 radical (unpaired) electrons. The second-order valence-electron chi connectivity index (χ2n) is 5.65. The molecule has 0 unspecified atom stereocenters. The zero-order valence-corrected chi connectivity index (χ0v) is 14.3. The van der Waals surface area contributed by atoms with Crippen LogP contribution in [0.1, 0.15) is 27.3 Å². The summed E-state index contributed by atoms with van der Waals surface area (Å²) < 4.78 is 11.5. The minimum atomic E-state index is -1.24. The topological polar surface area (TPSA) is 92.4 Å². The van der Waals surface area contributed by atoms with Gasteiger partial charge in [0.2, 0.25) is 0 Å². The molecule has 3 rings (SSSR count). The molecule has 0 aliphatic rings. The van der Waals surface area contributed by atoms with Gasteiger partial charge in [-0.2, -0.15) is 5.26 Å². The zero-order chi connectivity index (χ0) is 19.1. The average Bonchev–Trinajstić information content (AvgIpc) is 2.71. The fourth-order valence-corrected chi connectivity index (χ4v) is 2.41. The van der Waals surface area contributed by atoms with E-state index >= 15 is 0 Å². The maximum absolute atomic E-state index is 11.3. The van der Waals surface area contributed by atoms with Gasteiger partial charge in [-0.05, 0) is 11.1 Å². The fraction of sp³-hybridized carbons (Fsp3) is 0.0952. The molecule has 2 aromatic carbocycles. The van der Waals surface area contributed by atoms with E-state index in [9.17, 15) is 15.2 Å². The van der Waals surface area contributed by atoms with Crippen molar-refractivity contribution in [2.24, 2.45) is 0 Å². The molecule has 0 aliphatic carbocycles. The smallest absolute Gasteiger partial charge is 0.354 e.